The number of H-pyrrole nitrogens is 1. The highest BCUT2D eigenvalue weighted by Crippen LogP contribution is 2.23. The fourth-order valence-corrected chi connectivity index (χ4v) is 3.16. The van der Waals surface area contributed by atoms with Crippen molar-refractivity contribution < 1.29 is 0 Å². The number of aromatic amines is 1. The zero-order chi connectivity index (χ0) is 14.0. The van der Waals surface area contributed by atoms with Crippen LogP contribution in [0.3, 0.4) is 0 Å². The molecule has 1 N–H and O–H groups in total. The molecule has 2 rings (SSSR count). The number of anilines is 1. The van der Waals surface area contributed by atoms with Crippen molar-refractivity contribution >= 4 is 18.2 Å². The van der Waals surface area contributed by atoms with Crippen LogP contribution in [0.2, 0.25) is 0 Å². The summed E-state index contributed by atoms with van der Waals surface area (Å²) in [5, 5.41) is 7.43. The molecule has 1 aromatic rings. The number of rotatable bonds is 3. The molecule has 0 aliphatic carbocycles. The number of nitrogens with zero attached hydrogens (tertiary/aromatic N) is 4. The minimum atomic E-state index is 0.333. The molecule has 5 nitrogen and oxygen atoms in total. The Morgan fingerprint density at radius 3 is 2.79 bits per heavy atom. The van der Waals surface area contributed by atoms with Crippen LogP contribution < -0.4 is 4.90 Å². The van der Waals surface area contributed by atoms with Gasteiger partial charge in [-0.15, -0.1) is 5.10 Å². The topological polar surface area (TPSA) is 40.1 Å². The molecule has 1 aromatic heterocycles. The first-order valence-corrected chi connectivity index (χ1v) is 7.57. The first-order chi connectivity index (χ1) is 9.04. The maximum absolute atomic E-state index is 5.36. The third-order valence-corrected chi connectivity index (χ3v) is 4.12. The second-order valence-electron chi connectivity index (χ2n) is 5.66. The summed E-state index contributed by atoms with van der Waals surface area (Å²) in [6.07, 6.45) is 2.30. The molecule has 0 bridgehead atoms. The predicted molar refractivity (Wildman–Crippen MR) is 81.3 cm³/mol. The van der Waals surface area contributed by atoms with Crippen molar-refractivity contribution in [3.05, 3.63) is 4.77 Å². The van der Waals surface area contributed by atoms with Gasteiger partial charge in [-0.3, -0.25) is 4.57 Å². The summed E-state index contributed by atoms with van der Waals surface area (Å²) in [6, 6.07) is 0.843. The van der Waals surface area contributed by atoms with E-state index in [1.54, 1.807) is 0 Å². The van der Waals surface area contributed by atoms with Gasteiger partial charge in [-0.25, -0.2) is 5.10 Å². The van der Waals surface area contributed by atoms with Crippen molar-refractivity contribution in [1.29, 1.82) is 0 Å². The summed E-state index contributed by atoms with van der Waals surface area (Å²) < 4.78 is 2.85. The third-order valence-electron chi connectivity index (χ3n) is 3.83. The van der Waals surface area contributed by atoms with Gasteiger partial charge in [-0.05, 0) is 52.5 Å². The molecule has 1 saturated heterocycles. The molecular weight excluding hydrogens is 258 g/mol. The summed E-state index contributed by atoms with van der Waals surface area (Å²) in [5.74, 6) is 1.00. The Hall–Kier alpha value is -0.880. The van der Waals surface area contributed by atoms with Crippen LogP contribution in [0, 0.1) is 4.77 Å². The molecule has 1 fully saturated rings. The fourth-order valence-electron chi connectivity index (χ4n) is 2.82. The first-order valence-electron chi connectivity index (χ1n) is 7.16. The normalized spacial score (nSPS) is 21.9. The highest BCUT2D eigenvalue weighted by Gasteiger charge is 2.26. The Morgan fingerprint density at radius 2 is 2.16 bits per heavy atom. The average molecular weight is 283 g/mol. The Labute approximate surface area is 120 Å². The minimum Gasteiger partial charge on any atom is -0.337 e. The molecule has 0 spiro atoms. The smallest absolute Gasteiger partial charge is 0.226 e. The van der Waals surface area contributed by atoms with Crippen LogP contribution in [-0.4, -0.2) is 52.4 Å². The molecule has 0 aromatic carbocycles. The SMILES string of the molecule is CCC1CN(C)CCCN1c1n[nH]c(=S)n1C(C)C. The van der Waals surface area contributed by atoms with Gasteiger partial charge in [-0.2, -0.15) is 0 Å². The third kappa shape index (κ3) is 3.00. The van der Waals surface area contributed by atoms with Crippen molar-refractivity contribution in [3.63, 3.8) is 0 Å². The van der Waals surface area contributed by atoms with E-state index in [-0.39, 0.29) is 0 Å². The van der Waals surface area contributed by atoms with Crippen molar-refractivity contribution in [2.45, 2.75) is 45.7 Å². The van der Waals surface area contributed by atoms with Crippen molar-refractivity contribution in [3.8, 4) is 0 Å². The lowest BCUT2D eigenvalue weighted by atomic mass is 10.2. The van der Waals surface area contributed by atoms with Gasteiger partial charge in [0.15, 0.2) is 4.77 Å². The van der Waals surface area contributed by atoms with Crippen LogP contribution in [-0.2, 0) is 0 Å². The Bertz CT molecular complexity index is 464. The van der Waals surface area contributed by atoms with Crippen molar-refractivity contribution in [1.82, 2.24) is 19.7 Å². The number of hydrogen-bond donors (Lipinski definition) is 1. The van der Waals surface area contributed by atoms with E-state index in [0.717, 1.165) is 36.8 Å². The van der Waals surface area contributed by atoms with Crippen LogP contribution in [0.25, 0.3) is 0 Å². The van der Waals surface area contributed by atoms with Crippen LogP contribution in [0.15, 0.2) is 0 Å². The Morgan fingerprint density at radius 1 is 1.42 bits per heavy atom. The first kappa shape index (κ1) is 14.5. The highest BCUT2D eigenvalue weighted by molar-refractivity contribution is 7.71. The molecule has 2 heterocycles. The average Bonchev–Trinajstić information content (AvgIpc) is 2.63. The molecular formula is C13H25N5S. The molecule has 108 valence electrons. The van der Waals surface area contributed by atoms with E-state index in [2.05, 4.69) is 52.4 Å². The molecule has 1 atom stereocenters. The van der Waals surface area contributed by atoms with Crippen molar-refractivity contribution in [2.75, 3.05) is 31.6 Å². The number of likely N-dealkylation sites (N-methyl/N-ethyl adjacent to an activating group) is 1. The number of hydrogen-bond acceptors (Lipinski definition) is 4. The van der Waals surface area contributed by atoms with E-state index >= 15 is 0 Å². The Balaban J connectivity index is 2.35. The summed E-state index contributed by atoms with van der Waals surface area (Å²) in [6.45, 7) is 9.85. The van der Waals surface area contributed by atoms with Gasteiger partial charge in [0.1, 0.15) is 0 Å². The maximum Gasteiger partial charge on any atom is 0.226 e. The van der Waals surface area contributed by atoms with E-state index in [0.29, 0.717) is 12.1 Å². The molecule has 0 saturated carbocycles. The van der Waals surface area contributed by atoms with Crippen LogP contribution >= 0.6 is 12.2 Å². The standard InChI is InChI=1S/C13H25N5S/c1-5-11-9-16(4)7-6-8-17(11)12-14-15-13(19)18(12)10(2)3/h10-11H,5-9H2,1-4H3,(H,15,19). The second-order valence-corrected chi connectivity index (χ2v) is 6.05. The fraction of sp³-hybridized carbons (Fsp3) is 0.846. The lowest BCUT2D eigenvalue weighted by molar-refractivity contribution is 0.327. The van der Waals surface area contributed by atoms with E-state index in [1.807, 2.05) is 0 Å². The maximum atomic E-state index is 5.36. The van der Waals surface area contributed by atoms with Gasteiger partial charge in [0.2, 0.25) is 5.95 Å². The molecule has 1 aliphatic rings. The summed E-state index contributed by atoms with van der Waals surface area (Å²) in [4.78, 5) is 4.84. The van der Waals surface area contributed by atoms with Gasteiger partial charge >= 0.3 is 0 Å². The molecule has 0 amide bonds. The van der Waals surface area contributed by atoms with Gasteiger partial charge in [-0.1, -0.05) is 6.92 Å². The van der Waals surface area contributed by atoms with Gasteiger partial charge in [0.05, 0.1) is 0 Å². The molecule has 6 heteroatoms. The number of aromatic nitrogens is 3. The summed E-state index contributed by atoms with van der Waals surface area (Å²) in [7, 11) is 2.20. The van der Waals surface area contributed by atoms with E-state index in [1.165, 1.54) is 6.42 Å². The molecule has 19 heavy (non-hydrogen) atoms. The zero-order valence-electron chi connectivity index (χ0n) is 12.4. The van der Waals surface area contributed by atoms with Crippen molar-refractivity contribution in [2.24, 2.45) is 0 Å². The molecule has 1 aliphatic heterocycles. The molecule has 1 unspecified atom stereocenters. The number of nitrogens with one attached hydrogen (secondary N) is 1. The Kier molecular flexibility index (Phi) is 4.62. The van der Waals surface area contributed by atoms with Crippen LogP contribution in [0.1, 0.15) is 39.7 Å². The summed E-state index contributed by atoms with van der Waals surface area (Å²) in [5.41, 5.74) is 0. The van der Waals surface area contributed by atoms with Gasteiger partial charge in [0.25, 0.3) is 0 Å². The summed E-state index contributed by atoms with van der Waals surface area (Å²) >= 11 is 5.36. The monoisotopic (exact) mass is 283 g/mol. The van der Waals surface area contributed by atoms with Crippen LogP contribution in [0.4, 0.5) is 5.95 Å². The lowest BCUT2D eigenvalue weighted by Crippen LogP contribution is -2.41. The highest BCUT2D eigenvalue weighted by atomic mass is 32.1. The quantitative estimate of drug-likeness (QED) is 0.865. The van der Waals surface area contributed by atoms with E-state index in [9.17, 15) is 0 Å². The predicted octanol–water partition coefficient (Wildman–Crippen LogP) is 2.44. The minimum absolute atomic E-state index is 0.333. The van der Waals surface area contributed by atoms with E-state index in [4.69, 9.17) is 12.2 Å². The molecule has 0 radical (unpaired) electrons. The van der Waals surface area contributed by atoms with Gasteiger partial charge < -0.3 is 9.80 Å². The lowest BCUT2D eigenvalue weighted by Gasteiger charge is -2.31. The second kappa shape index (κ2) is 6.05. The van der Waals surface area contributed by atoms with E-state index < -0.39 is 0 Å². The van der Waals surface area contributed by atoms with Crippen LogP contribution in [0.5, 0.6) is 0 Å². The zero-order valence-corrected chi connectivity index (χ0v) is 13.2. The van der Waals surface area contributed by atoms with Gasteiger partial charge in [0, 0.05) is 25.2 Å². The largest absolute Gasteiger partial charge is 0.337 e.